The number of esters is 1. The molecule has 0 aliphatic rings. The van der Waals surface area contributed by atoms with E-state index in [0.717, 1.165) is 0 Å². The molecule has 0 rings (SSSR count). The fraction of sp³-hybridized carbons (Fsp3) is 0.750. The van der Waals surface area contributed by atoms with E-state index < -0.39 is 13.8 Å². The van der Waals surface area contributed by atoms with Gasteiger partial charge in [-0.1, -0.05) is 6.58 Å². The second-order valence-corrected chi connectivity index (χ2v) is 6.84. The van der Waals surface area contributed by atoms with Gasteiger partial charge in [0.05, 0.1) is 34.9 Å². The van der Waals surface area contributed by atoms with Crippen LogP contribution in [0.4, 0.5) is 0 Å². The lowest BCUT2D eigenvalue weighted by molar-refractivity contribution is -0.870. The van der Waals surface area contributed by atoms with Gasteiger partial charge in [-0.2, -0.15) is 0 Å². The molecular formula is C12H25NO7P+. The molecule has 21 heavy (non-hydrogen) atoms. The zero-order valence-corrected chi connectivity index (χ0v) is 14.2. The van der Waals surface area contributed by atoms with Gasteiger partial charge in [-0.3, -0.25) is 9.05 Å². The molecule has 0 aromatic carbocycles. The van der Waals surface area contributed by atoms with E-state index in [9.17, 15) is 9.36 Å². The van der Waals surface area contributed by atoms with Crippen LogP contribution < -0.4 is 0 Å². The van der Waals surface area contributed by atoms with Crippen LogP contribution in [0.25, 0.3) is 0 Å². The number of hydrogen-bond donors (Lipinski definition) is 0. The summed E-state index contributed by atoms with van der Waals surface area (Å²) in [5.41, 5.74) is 0.269. The lowest BCUT2D eigenvalue weighted by Crippen LogP contribution is -2.37. The fourth-order valence-corrected chi connectivity index (χ4v) is 1.95. The highest BCUT2D eigenvalue weighted by atomic mass is 31.2. The van der Waals surface area contributed by atoms with Crippen LogP contribution in [0, 0.1) is 0 Å². The first kappa shape index (κ1) is 20.2. The lowest BCUT2D eigenvalue weighted by Gasteiger charge is -2.24. The third kappa shape index (κ3) is 10.6. The fourth-order valence-electron chi connectivity index (χ4n) is 1.00. The number of hydrogen-bond acceptors (Lipinski definition) is 7. The number of nitrogens with zero attached hydrogens (tertiary/aromatic N) is 1. The van der Waals surface area contributed by atoms with E-state index in [-0.39, 0.29) is 25.4 Å². The number of carbonyl (C=O) groups is 1. The lowest BCUT2D eigenvalue weighted by atomic mass is 10.4. The van der Waals surface area contributed by atoms with Crippen molar-refractivity contribution in [1.82, 2.24) is 0 Å². The van der Waals surface area contributed by atoms with E-state index in [1.165, 1.54) is 14.0 Å². The highest BCUT2D eigenvalue weighted by molar-refractivity contribution is 7.48. The zero-order valence-electron chi connectivity index (χ0n) is 13.3. The van der Waals surface area contributed by atoms with Crippen LogP contribution in [0.3, 0.4) is 0 Å². The van der Waals surface area contributed by atoms with Crippen LogP contribution in [-0.4, -0.2) is 65.1 Å². The van der Waals surface area contributed by atoms with E-state index >= 15 is 0 Å². The van der Waals surface area contributed by atoms with Crippen molar-refractivity contribution in [2.75, 3.05) is 54.6 Å². The summed E-state index contributed by atoms with van der Waals surface area (Å²) in [7, 11) is 3.24. The van der Waals surface area contributed by atoms with Crippen molar-refractivity contribution >= 4 is 13.8 Å². The van der Waals surface area contributed by atoms with Gasteiger partial charge in [-0.25, -0.2) is 14.2 Å². The minimum atomic E-state index is -3.84. The molecule has 124 valence electrons. The number of quaternary nitrogens is 1. The van der Waals surface area contributed by atoms with Gasteiger partial charge in [0.2, 0.25) is 0 Å². The third-order valence-electron chi connectivity index (χ3n) is 2.09. The first-order chi connectivity index (χ1) is 9.59. The topological polar surface area (TPSA) is 80.3 Å². The molecule has 0 fully saturated rings. The molecule has 0 aliphatic carbocycles. The molecule has 1 unspecified atom stereocenters. The molecule has 0 aromatic heterocycles. The van der Waals surface area contributed by atoms with Gasteiger partial charge in [-0.15, -0.1) is 4.67 Å². The van der Waals surface area contributed by atoms with Gasteiger partial charge in [0.15, 0.2) is 0 Å². The molecule has 0 amide bonds. The van der Waals surface area contributed by atoms with E-state index in [0.29, 0.717) is 11.0 Å². The van der Waals surface area contributed by atoms with E-state index in [1.807, 2.05) is 21.1 Å². The molecule has 0 aromatic rings. The van der Waals surface area contributed by atoms with Crippen LogP contribution in [-0.2, 0) is 32.7 Å². The van der Waals surface area contributed by atoms with Crippen molar-refractivity contribution in [3.8, 4) is 0 Å². The Morgan fingerprint density at radius 3 is 2.19 bits per heavy atom. The minimum absolute atomic E-state index is 0.0958. The molecule has 0 radical (unpaired) electrons. The maximum absolute atomic E-state index is 12.1. The summed E-state index contributed by atoms with van der Waals surface area (Å²) in [5.74, 6) is -0.549. The SMILES string of the molecule is C=C(C)C(=O)OCCOP(=O)(OCC[N+](C)(C)C)OOC. The summed E-state index contributed by atoms with van der Waals surface area (Å²) < 4.78 is 32.2. The number of rotatable bonds is 11. The van der Waals surface area contributed by atoms with Crippen molar-refractivity contribution in [2.24, 2.45) is 0 Å². The van der Waals surface area contributed by atoms with Gasteiger partial charge < -0.3 is 9.22 Å². The van der Waals surface area contributed by atoms with Gasteiger partial charge in [0.1, 0.15) is 19.8 Å². The predicted octanol–water partition coefficient (Wildman–Crippen LogP) is 1.53. The quantitative estimate of drug-likeness (QED) is 0.108. The van der Waals surface area contributed by atoms with Crippen molar-refractivity contribution < 1.29 is 37.2 Å². The average Bonchev–Trinajstić information content (AvgIpc) is 2.33. The van der Waals surface area contributed by atoms with Gasteiger partial charge >= 0.3 is 13.8 Å². The maximum atomic E-state index is 12.1. The van der Waals surface area contributed by atoms with Crippen molar-refractivity contribution in [3.63, 3.8) is 0 Å². The van der Waals surface area contributed by atoms with Crippen LogP contribution >= 0.6 is 7.82 Å². The van der Waals surface area contributed by atoms with Crippen LogP contribution in [0.2, 0.25) is 0 Å². The Labute approximate surface area is 125 Å². The molecule has 1 atom stereocenters. The molecule has 9 heteroatoms. The molecule has 0 spiro atoms. The molecule has 0 N–H and O–H groups in total. The normalized spacial score (nSPS) is 14.5. The Morgan fingerprint density at radius 2 is 1.71 bits per heavy atom. The second kappa shape index (κ2) is 9.30. The molecule has 0 saturated carbocycles. The Hall–Kier alpha value is -0.760. The monoisotopic (exact) mass is 326 g/mol. The van der Waals surface area contributed by atoms with Crippen molar-refractivity contribution in [1.29, 1.82) is 0 Å². The maximum Gasteiger partial charge on any atom is 0.502 e. The molecule has 0 saturated heterocycles. The summed E-state index contributed by atoms with van der Waals surface area (Å²) in [6.45, 7) is 5.48. The third-order valence-corrected chi connectivity index (χ3v) is 3.42. The van der Waals surface area contributed by atoms with Crippen LogP contribution in [0.15, 0.2) is 12.2 Å². The van der Waals surface area contributed by atoms with E-state index in [2.05, 4.69) is 16.1 Å². The number of carbonyl (C=O) groups excluding carboxylic acids is 1. The summed E-state index contributed by atoms with van der Waals surface area (Å²) in [4.78, 5) is 15.5. The number of likely N-dealkylation sites (N-methyl/N-ethyl adjacent to an activating group) is 1. The summed E-state index contributed by atoms with van der Waals surface area (Å²) in [6, 6.07) is 0. The predicted molar refractivity (Wildman–Crippen MR) is 76.3 cm³/mol. The summed E-state index contributed by atoms with van der Waals surface area (Å²) in [5, 5.41) is 0. The first-order valence-corrected chi connectivity index (χ1v) is 7.80. The largest absolute Gasteiger partial charge is 0.502 e. The molecule has 8 nitrogen and oxygen atoms in total. The number of ether oxygens (including phenoxy) is 1. The standard InChI is InChI=1S/C12H25NO7P/c1-11(2)12(14)17-9-10-19-21(15,20-16-6)18-8-7-13(3,4)5/h1,7-10H2,2-6H3/q+1. The Kier molecular flexibility index (Phi) is 8.96. The second-order valence-electron chi connectivity index (χ2n) is 5.29. The highest BCUT2D eigenvalue weighted by Gasteiger charge is 2.29. The first-order valence-electron chi connectivity index (χ1n) is 6.34. The molecule has 0 aliphatic heterocycles. The van der Waals surface area contributed by atoms with E-state index in [4.69, 9.17) is 13.8 Å². The van der Waals surface area contributed by atoms with Crippen molar-refractivity contribution in [3.05, 3.63) is 12.2 Å². The molecular weight excluding hydrogens is 301 g/mol. The minimum Gasteiger partial charge on any atom is -0.460 e. The van der Waals surface area contributed by atoms with Crippen LogP contribution in [0.5, 0.6) is 0 Å². The van der Waals surface area contributed by atoms with Crippen molar-refractivity contribution in [2.45, 2.75) is 6.92 Å². The highest BCUT2D eigenvalue weighted by Crippen LogP contribution is 2.49. The number of phosphoric acid groups is 1. The van der Waals surface area contributed by atoms with Gasteiger partial charge in [0.25, 0.3) is 0 Å². The Morgan fingerprint density at radius 1 is 1.14 bits per heavy atom. The van der Waals surface area contributed by atoms with E-state index in [1.54, 1.807) is 0 Å². The van der Waals surface area contributed by atoms with Crippen LogP contribution in [0.1, 0.15) is 6.92 Å². The smallest absolute Gasteiger partial charge is 0.460 e. The Balaban J connectivity index is 4.18. The van der Waals surface area contributed by atoms with Gasteiger partial charge in [-0.05, 0) is 6.92 Å². The van der Waals surface area contributed by atoms with Gasteiger partial charge in [0, 0.05) is 5.57 Å². The Bertz CT molecular complexity index is 392. The average molecular weight is 326 g/mol. The molecule has 0 bridgehead atoms. The molecule has 0 heterocycles. The number of phosphoric ester groups is 1. The zero-order chi connectivity index (χ0) is 16.5. The summed E-state index contributed by atoms with van der Waals surface area (Å²) >= 11 is 0. The summed E-state index contributed by atoms with van der Waals surface area (Å²) in [6.07, 6.45) is 0.